The lowest BCUT2D eigenvalue weighted by molar-refractivity contribution is -0.161. The zero-order valence-electron chi connectivity index (χ0n) is 15.0. The molecule has 128 valence electrons. The number of halogens is 1. The van der Waals surface area contributed by atoms with E-state index in [1.807, 2.05) is 52.0 Å². The van der Waals surface area contributed by atoms with Crippen LogP contribution in [0.4, 0.5) is 0 Å². The summed E-state index contributed by atoms with van der Waals surface area (Å²) in [5.74, 6) is 0.221. The van der Waals surface area contributed by atoms with Gasteiger partial charge in [0, 0.05) is 11.2 Å². The lowest BCUT2D eigenvalue weighted by atomic mass is 9.92. The molecule has 0 aliphatic heterocycles. The lowest BCUT2D eigenvalue weighted by Crippen LogP contribution is -2.40. The number of hydrogen-bond donors (Lipinski definition) is 0. The molecule has 0 spiro atoms. The molecule has 0 saturated carbocycles. The SMILES string of the molecule is CC(C)CC[C@@](C)(N=Cc1ccc(Cl)cc1)C(=O)OC(C)(C)C. The number of benzene rings is 1. The molecule has 0 unspecified atom stereocenters. The summed E-state index contributed by atoms with van der Waals surface area (Å²) in [6.07, 6.45) is 3.29. The third kappa shape index (κ3) is 7.17. The quantitative estimate of drug-likeness (QED) is 0.522. The van der Waals surface area contributed by atoms with E-state index in [1.54, 1.807) is 6.21 Å². The molecule has 0 heterocycles. The number of aliphatic imine (C=N–C) groups is 1. The maximum absolute atomic E-state index is 12.6. The van der Waals surface area contributed by atoms with E-state index in [2.05, 4.69) is 18.8 Å². The first kappa shape index (κ1) is 19.7. The number of ether oxygens (including phenoxy) is 1. The minimum absolute atomic E-state index is 0.282. The maximum Gasteiger partial charge on any atom is 0.334 e. The Balaban J connectivity index is 2.98. The van der Waals surface area contributed by atoms with Crippen molar-refractivity contribution in [3.05, 3.63) is 34.9 Å². The molecule has 1 rings (SSSR count). The highest BCUT2D eigenvalue weighted by molar-refractivity contribution is 6.30. The second-order valence-electron chi connectivity index (χ2n) is 7.52. The van der Waals surface area contributed by atoms with E-state index >= 15 is 0 Å². The maximum atomic E-state index is 12.6. The first-order chi connectivity index (χ1) is 10.5. The van der Waals surface area contributed by atoms with E-state index in [-0.39, 0.29) is 5.97 Å². The first-order valence-electron chi connectivity index (χ1n) is 8.06. The molecule has 0 N–H and O–H groups in total. The minimum Gasteiger partial charge on any atom is -0.458 e. The zero-order chi connectivity index (χ0) is 17.7. The highest BCUT2D eigenvalue weighted by atomic mass is 35.5. The normalized spacial score (nSPS) is 15.0. The van der Waals surface area contributed by atoms with Crippen molar-refractivity contribution in [1.82, 2.24) is 0 Å². The molecular weight excluding hydrogens is 310 g/mol. The molecule has 1 atom stereocenters. The number of rotatable bonds is 6. The molecule has 0 bridgehead atoms. The van der Waals surface area contributed by atoms with Gasteiger partial charge in [-0.3, -0.25) is 4.99 Å². The largest absolute Gasteiger partial charge is 0.458 e. The Morgan fingerprint density at radius 1 is 1.22 bits per heavy atom. The van der Waals surface area contributed by atoms with Crippen molar-refractivity contribution in [2.45, 2.75) is 65.5 Å². The summed E-state index contributed by atoms with van der Waals surface area (Å²) in [5, 5.41) is 0.678. The average molecular weight is 338 g/mol. The van der Waals surface area contributed by atoms with Gasteiger partial charge in [0.1, 0.15) is 5.60 Å². The molecule has 0 amide bonds. The molecule has 0 radical (unpaired) electrons. The van der Waals surface area contributed by atoms with Gasteiger partial charge in [-0.05, 0) is 64.2 Å². The Bertz CT molecular complexity index is 543. The predicted molar refractivity (Wildman–Crippen MR) is 97.4 cm³/mol. The van der Waals surface area contributed by atoms with E-state index in [9.17, 15) is 4.79 Å². The molecule has 1 aromatic rings. The summed E-state index contributed by atoms with van der Waals surface area (Å²) in [5.41, 5.74) is -0.489. The summed E-state index contributed by atoms with van der Waals surface area (Å²) >= 11 is 5.89. The fourth-order valence-corrected chi connectivity index (χ4v) is 2.07. The molecule has 0 fully saturated rings. The molecular formula is C19H28ClNO2. The van der Waals surface area contributed by atoms with Gasteiger partial charge in [-0.15, -0.1) is 0 Å². The van der Waals surface area contributed by atoms with Crippen molar-refractivity contribution in [3.8, 4) is 0 Å². The van der Waals surface area contributed by atoms with Gasteiger partial charge in [0.25, 0.3) is 0 Å². The second-order valence-corrected chi connectivity index (χ2v) is 7.95. The number of esters is 1. The van der Waals surface area contributed by atoms with Gasteiger partial charge >= 0.3 is 5.97 Å². The monoisotopic (exact) mass is 337 g/mol. The molecule has 1 aromatic carbocycles. The number of carbonyl (C=O) groups excluding carboxylic acids is 1. The Kier molecular flexibility index (Phi) is 6.82. The Labute approximate surface area is 145 Å². The summed E-state index contributed by atoms with van der Waals surface area (Å²) in [6, 6.07) is 7.37. The van der Waals surface area contributed by atoms with Crippen molar-refractivity contribution in [1.29, 1.82) is 0 Å². The van der Waals surface area contributed by atoms with E-state index in [0.29, 0.717) is 17.4 Å². The molecule has 0 saturated heterocycles. The van der Waals surface area contributed by atoms with E-state index in [0.717, 1.165) is 12.0 Å². The van der Waals surface area contributed by atoms with Gasteiger partial charge in [-0.1, -0.05) is 37.6 Å². The number of hydrogen-bond acceptors (Lipinski definition) is 3. The minimum atomic E-state index is -0.878. The molecule has 3 nitrogen and oxygen atoms in total. The lowest BCUT2D eigenvalue weighted by Gasteiger charge is -2.29. The third-order valence-corrected chi connectivity index (χ3v) is 3.67. The topological polar surface area (TPSA) is 38.7 Å². The molecule has 0 aromatic heterocycles. The van der Waals surface area contributed by atoms with E-state index in [4.69, 9.17) is 16.3 Å². The standard InChI is InChI=1S/C19H28ClNO2/c1-14(2)11-12-19(6,17(22)23-18(3,4)5)21-13-15-7-9-16(20)10-8-15/h7-10,13-14H,11-12H2,1-6H3/t19-/m1/s1. The highest BCUT2D eigenvalue weighted by Crippen LogP contribution is 2.25. The Morgan fingerprint density at radius 2 is 1.78 bits per heavy atom. The Morgan fingerprint density at radius 3 is 2.26 bits per heavy atom. The third-order valence-electron chi connectivity index (χ3n) is 3.42. The van der Waals surface area contributed by atoms with Crippen molar-refractivity contribution >= 4 is 23.8 Å². The average Bonchev–Trinajstić information content (AvgIpc) is 2.42. The van der Waals surface area contributed by atoms with Crippen LogP contribution in [0.1, 0.15) is 59.9 Å². The number of carbonyl (C=O) groups is 1. The highest BCUT2D eigenvalue weighted by Gasteiger charge is 2.36. The van der Waals surface area contributed by atoms with Gasteiger partial charge in [-0.25, -0.2) is 4.79 Å². The van der Waals surface area contributed by atoms with Gasteiger partial charge < -0.3 is 4.74 Å². The van der Waals surface area contributed by atoms with Crippen LogP contribution in [-0.2, 0) is 9.53 Å². The fourth-order valence-electron chi connectivity index (χ4n) is 1.94. The van der Waals surface area contributed by atoms with Crippen LogP contribution in [0.15, 0.2) is 29.3 Å². The van der Waals surface area contributed by atoms with E-state index in [1.165, 1.54) is 0 Å². The summed E-state index contributed by atoms with van der Waals surface area (Å²) in [4.78, 5) is 17.2. The van der Waals surface area contributed by atoms with Crippen LogP contribution >= 0.6 is 11.6 Å². The zero-order valence-corrected chi connectivity index (χ0v) is 15.8. The van der Waals surface area contributed by atoms with Crippen LogP contribution in [0, 0.1) is 5.92 Å². The van der Waals surface area contributed by atoms with Crippen LogP contribution in [-0.4, -0.2) is 23.3 Å². The van der Waals surface area contributed by atoms with E-state index < -0.39 is 11.1 Å². The summed E-state index contributed by atoms with van der Waals surface area (Å²) in [7, 11) is 0. The van der Waals surface area contributed by atoms with Crippen molar-refractivity contribution in [2.75, 3.05) is 0 Å². The first-order valence-corrected chi connectivity index (χ1v) is 8.44. The van der Waals surface area contributed by atoms with Crippen LogP contribution < -0.4 is 0 Å². The van der Waals surface area contributed by atoms with Gasteiger partial charge in [0.2, 0.25) is 0 Å². The van der Waals surface area contributed by atoms with Crippen molar-refractivity contribution in [2.24, 2.45) is 10.9 Å². The van der Waals surface area contributed by atoms with Crippen LogP contribution in [0.5, 0.6) is 0 Å². The predicted octanol–water partition coefficient (Wildman–Crippen LogP) is 5.30. The van der Waals surface area contributed by atoms with Crippen molar-refractivity contribution < 1.29 is 9.53 Å². The summed E-state index contributed by atoms with van der Waals surface area (Å²) < 4.78 is 5.57. The summed E-state index contributed by atoms with van der Waals surface area (Å²) in [6.45, 7) is 11.7. The van der Waals surface area contributed by atoms with Crippen LogP contribution in [0.3, 0.4) is 0 Å². The van der Waals surface area contributed by atoms with Crippen LogP contribution in [0.25, 0.3) is 0 Å². The molecule has 0 aliphatic carbocycles. The molecule has 23 heavy (non-hydrogen) atoms. The fraction of sp³-hybridized carbons (Fsp3) is 0.579. The van der Waals surface area contributed by atoms with Gasteiger partial charge in [0.05, 0.1) is 0 Å². The van der Waals surface area contributed by atoms with Gasteiger partial charge in [-0.2, -0.15) is 0 Å². The smallest absolute Gasteiger partial charge is 0.334 e. The second kappa shape index (κ2) is 7.96. The molecule has 4 heteroatoms. The molecule has 0 aliphatic rings. The van der Waals surface area contributed by atoms with Crippen LogP contribution in [0.2, 0.25) is 5.02 Å². The van der Waals surface area contributed by atoms with Gasteiger partial charge in [0.15, 0.2) is 5.54 Å². The van der Waals surface area contributed by atoms with Crippen molar-refractivity contribution in [3.63, 3.8) is 0 Å². The number of nitrogens with zero attached hydrogens (tertiary/aromatic N) is 1. The Hall–Kier alpha value is -1.35.